The quantitative estimate of drug-likeness (QED) is 0.794. The smallest absolute Gasteiger partial charge is 0.134 e. The summed E-state index contributed by atoms with van der Waals surface area (Å²) in [5, 5.41) is 6.06. The molecule has 2 aliphatic heterocycles. The monoisotopic (exact) mass is 271 g/mol. The number of anilines is 1. The first kappa shape index (κ1) is 11.0. The normalized spacial score (nSPS) is 19.6. The number of allylic oxidation sites excluding steroid dienone is 1. The predicted molar refractivity (Wildman–Crippen MR) is 85.3 cm³/mol. The van der Waals surface area contributed by atoms with Crippen LogP contribution in [0.3, 0.4) is 0 Å². The molecule has 100 valence electrons. The molecule has 0 saturated heterocycles. The van der Waals surface area contributed by atoms with Crippen molar-refractivity contribution in [3.63, 3.8) is 0 Å². The Labute approximate surface area is 122 Å². The third-order valence-corrected chi connectivity index (χ3v) is 4.35. The molecule has 0 radical (unpaired) electrons. The van der Waals surface area contributed by atoms with Crippen molar-refractivity contribution >= 4 is 23.4 Å². The Morgan fingerprint density at radius 1 is 1.05 bits per heavy atom. The summed E-state index contributed by atoms with van der Waals surface area (Å²) in [6.07, 6.45) is 10.3. The number of hydrogen-bond acceptors (Lipinski definition) is 2. The Bertz CT molecular complexity index is 950. The first-order chi connectivity index (χ1) is 10.4. The van der Waals surface area contributed by atoms with E-state index < -0.39 is 0 Å². The maximum absolute atomic E-state index is 5.66. The average Bonchev–Trinajstić information content (AvgIpc) is 2.93. The summed E-state index contributed by atoms with van der Waals surface area (Å²) in [5.74, 6) is 0.933. The number of benzene rings is 2. The molecule has 1 unspecified atom stereocenters. The van der Waals surface area contributed by atoms with Crippen LogP contribution in [0.4, 0.5) is 5.69 Å². The van der Waals surface area contributed by atoms with Crippen molar-refractivity contribution in [3.05, 3.63) is 76.4 Å². The minimum Gasteiger partial charge on any atom is -0.464 e. The van der Waals surface area contributed by atoms with Crippen LogP contribution in [0.25, 0.3) is 17.7 Å². The largest absolute Gasteiger partial charge is 0.464 e. The molecule has 2 heterocycles. The van der Waals surface area contributed by atoms with Gasteiger partial charge in [0, 0.05) is 16.5 Å². The minimum absolute atomic E-state index is 0.251. The molecule has 2 aromatic carbocycles. The van der Waals surface area contributed by atoms with Gasteiger partial charge in [-0.1, -0.05) is 36.4 Å². The lowest BCUT2D eigenvalue weighted by atomic mass is 9.91. The Hall–Kier alpha value is -2.74. The fourth-order valence-corrected chi connectivity index (χ4v) is 3.46. The summed E-state index contributed by atoms with van der Waals surface area (Å²) < 4.78 is 5.66. The van der Waals surface area contributed by atoms with Crippen LogP contribution in [0.1, 0.15) is 11.1 Å². The molecule has 3 aliphatic rings. The van der Waals surface area contributed by atoms with Gasteiger partial charge in [0.1, 0.15) is 5.75 Å². The van der Waals surface area contributed by atoms with Gasteiger partial charge < -0.3 is 10.1 Å². The molecule has 1 atom stereocenters. The van der Waals surface area contributed by atoms with E-state index in [4.69, 9.17) is 4.74 Å². The topological polar surface area (TPSA) is 21.3 Å². The van der Waals surface area contributed by atoms with E-state index in [2.05, 4.69) is 53.9 Å². The van der Waals surface area contributed by atoms with E-state index in [0.717, 1.165) is 5.75 Å². The number of hydrogen-bond donors (Lipinski definition) is 1. The highest BCUT2D eigenvalue weighted by atomic mass is 16.5. The van der Waals surface area contributed by atoms with Gasteiger partial charge in [-0.05, 0) is 40.6 Å². The molecule has 21 heavy (non-hydrogen) atoms. The molecular formula is C19H13NO. The maximum atomic E-state index is 5.66. The Kier molecular flexibility index (Phi) is 2.03. The van der Waals surface area contributed by atoms with Crippen LogP contribution in [0.5, 0.6) is 5.75 Å². The summed E-state index contributed by atoms with van der Waals surface area (Å²) in [4.78, 5) is 0. The lowest BCUT2D eigenvalue weighted by molar-refractivity contribution is 0.474. The second-order valence-corrected chi connectivity index (χ2v) is 5.50. The molecule has 2 nitrogen and oxygen atoms in total. The first-order valence-corrected chi connectivity index (χ1v) is 7.17. The van der Waals surface area contributed by atoms with Crippen LogP contribution < -0.4 is 20.5 Å². The van der Waals surface area contributed by atoms with Gasteiger partial charge in [-0.2, -0.15) is 0 Å². The fourth-order valence-electron chi connectivity index (χ4n) is 3.46. The second-order valence-electron chi connectivity index (χ2n) is 5.50. The molecule has 0 aromatic heterocycles. The first-order valence-electron chi connectivity index (χ1n) is 7.17. The fraction of sp³-hybridized carbons (Fsp3) is 0.0526. The second kappa shape index (κ2) is 3.89. The van der Waals surface area contributed by atoms with E-state index >= 15 is 0 Å². The Morgan fingerprint density at radius 2 is 2.00 bits per heavy atom. The molecule has 0 fully saturated rings. The maximum Gasteiger partial charge on any atom is 0.134 e. The molecule has 0 bridgehead atoms. The summed E-state index contributed by atoms with van der Waals surface area (Å²) in [7, 11) is 0. The third kappa shape index (κ3) is 1.42. The molecule has 0 spiro atoms. The van der Waals surface area contributed by atoms with Crippen molar-refractivity contribution in [2.75, 3.05) is 5.32 Å². The van der Waals surface area contributed by atoms with Crippen molar-refractivity contribution in [2.24, 2.45) is 0 Å². The van der Waals surface area contributed by atoms with Gasteiger partial charge in [0.2, 0.25) is 0 Å². The van der Waals surface area contributed by atoms with Gasteiger partial charge in [0.05, 0.1) is 12.3 Å². The zero-order chi connectivity index (χ0) is 13.8. The van der Waals surface area contributed by atoms with E-state index in [0.29, 0.717) is 0 Å². The van der Waals surface area contributed by atoms with Crippen molar-refractivity contribution in [1.82, 2.24) is 0 Å². The van der Waals surface area contributed by atoms with Gasteiger partial charge in [-0.25, -0.2) is 0 Å². The van der Waals surface area contributed by atoms with Gasteiger partial charge in [0.25, 0.3) is 0 Å². The summed E-state index contributed by atoms with van der Waals surface area (Å²) in [6.45, 7) is 0. The highest BCUT2D eigenvalue weighted by molar-refractivity contribution is 5.91. The van der Waals surface area contributed by atoms with Crippen LogP contribution in [0.2, 0.25) is 0 Å². The van der Waals surface area contributed by atoms with Gasteiger partial charge in [0.15, 0.2) is 0 Å². The summed E-state index contributed by atoms with van der Waals surface area (Å²) in [6, 6.07) is 13.0. The van der Waals surface area contributed by atoms with Crippen LogP contribution >= 0.6 is 0 Å². The molecule has 0 amide bonds. The molecule has 5 rings (SSSR count). The van der Waals surface area contributed by atoms with Gasteiger partial charge >= 0.3 is 0 Å². The van der Waals surface area contributed by atoms with E-state index in [1.165, 1.54) is 32.8 Å². The van der Waals surface area contributed by atoms with Crippen molar-refractivity contribution in [3.8, 4) is 5.75 Å². The average molecular weight is 271 g/mol. The minimum atomic E-state index is 0.251. The van der Waals surface area contributed by atoms with Gasteiger partial charge in [-0.15, -0.1) is 0 Å². The van der Waals surface area contributed by atoms with Crippen LogP contribution in [0.15, 0.2) is 54.8 Å². The molecule has 2 aromatic rings. The zero-order valence-corrected chi connectivity index (χ0v) is 11.3. The Morgan fingerprint density at radius 3 is 3.00 bits per heavy atom. The summed E-state index contributed by atoms with van der Waals surface area (Å²) >= 11 is 0. The van der Waals surface area contributed by atoms with Gasteiger partial charge in [-0.3, -0.25) is 0 Å². The number of ether oxygens (including phenoxy) is 1. The Balaban J connectivity index is 2.00. The van der Waals surface area contributed by atoms with E-state index in [9.17, 15) is 0 Å². The highest BCUT2D eigenvalue weighted by Gasteiger charge is 2.27. The molecular weight excluding hydrogens is 258 g/mol. The number of rotatable bonds is 0. The number of nitrogens with one attached hydrogen (secondary N) is 1. The van der Waals surface area contributed by atoms with Crippen molar-refractivity contribution in [1.29, 1.82) is 0 Å². The number of fused-ring (bicyclic) bond motifs is 6. The van der Waals surface area contributed by atoms with Crippen molar-refractivity contribution in [2.45, 2.75) is 6.04 Å². The van der Waals surface area contributed by atoms with Crippen LogP contribution in [0, 0.1) is 0 Å². The van der Waals surface area contributed by atoms with E-state index in [1.807, 2.05) is 12.1 Å². The zero-order valence-electron chi connectivity index (χ0n) is 11.3. The van der Waals surface area contributed by atoms with E-state index in [1.54, 1.807) is 6.26 Å². The molecule has 2 heteroatoms. The standard InChI is InChI=1S/C19H13NO/c1-2-6-15-13(4-1)19-16(20-15)9-7-12-8-10-17-14(18(12)19)5-3-11-21-17/h1-11,16,20H. The molecule has 1 N–H and O–H groups in total. The molecule has 0 saturated carbocycles. The third-order valence-electron chi connectivity index (χ3n) is 4.35. The van der Waals surface area contributed by atoms with E-state index in [-0.39, 0.29) is 6.04 Å². The number of para-hydroxylation sites is 1. The molecule has 1 aliphatic carbocycles. The summed E-state index contributed by atoms with van der Waals surface area (Å²) in [5.41, 5.74) is 5.12. The van der Waals surface area contributed by atoms with Crippen LogP contribution in [-0.4, -0.2) is 6.04 Å². The lowest BCUT2D eigenvalue weighted by Gasteiger charge is -2.17. The van der Waals surface area contributed by atoms with Crippen LogP contribution in [-0.2, 0) is 0 Å². The predicted octanol–water partition coefficient (Wildman–Crippen LogP) is 2.39. The highest BCUT2D eigenvalue weighted by Crippen LogP contribution is 2.35. The lowest BCUT2D eigenvalue weighted by Crippen LogP contribution is -2.36. The van der Waals surface area contributed by atoms with Crippen molar-refractivity contribution < 1.29 is 4.74 Å². The SMILES string of the molecule is C1=COc2ccc3c(c2=C1)=C1c2ccccc2NC1C=C3.